The number of hydrogen-bond donors (Lipinski definition) is 1. The Labute approximate surface area is 90.1 Å². The summed E-state index contributed by atoms with van der Waals surface area (Å²) in [6, 6.07) is 6.05. The molecule has 14 heavy (non-hydrogen) atoms. The van der Waals surface area contributed by atoms with Gasteiger partial charge in [0.15, 0.2) is 5.78 Å². The van der Waals surface area contributed by atoms with E-state index in [4.69, 9.17) is 5.26 Å². The second-order valence-electron chi connectivity index (χ2n) is 2.74. The van der Waals surface area contributed by atoms with Crippen LogP contribution in [0.3, 0.4) is 0 Å². The fourth-order valence-electron chi connectivity index (χ4n) is 1.07. The fourth-order valence-corrected chi connectivity index (χ4v) is 1.43. The van der Waals surface area contributed by atoms with Crippen molar-refractivity contribution in [1.82, 2.24) is 0 Å². The third kappa shape index (κ3) is 2.57. The molecule has 0 saturated carbocycles. The summed E-state index contributed by atoms with van der Waals surface area (Å²) in [6.07, 6.45) is 0.355. The van der Waals surface area contributed by atoms with Gasteiger partial charge in [-0.1, -0.05) is 15.9 Å². The normalized spacial score (nSPS) is 9.43. The number of aromatic hydroxyl groups is 1. The first-order chi connectivity index (χ1) is 6.67. The van der Waals surface area contributed by atoms with Crippen molar-refractivity contribution in [3.05, 3.63) is 29.3 Å². The highest BCUT2D eigenvalue weighted by Crippen LogP contribution is 2.16. The molecule has 4 heteroatoms. The molecule has 0 radical (unpaired) electrons. The van der Waals surface area contributed by atoms with Gasteiger partial charge >= 0.3 is 0 Å². The van der Waals surface area contributed by atoms with Crippen LogP contribution in [0.15, 0.2) is 18.2 Å². The van der Waals surface area contributed by atoms with Gasteiger partial charge in [0.05, 0.1) is 11.6 Å². The number of benzene rings is 1. The molecule has 0 fully saturated rings. The molecule has 0 amide bonds. The smallest absolute Gasteiger partial charge is 0.163 e. The van der Waals surface area contributed by atoms with E-state index in [9.17, 15) is 9.90 Å². The Morgan fingerprint density at radius 3 is 2.79 bits per heavy atom. The van der Waals surface area contributed by atoms with Crippen LogP contribution in [0.25, 0.3) is 0 Å². The predicted molar refractivity (Wildman–Crippen MR) is 55.6 cm³/mol. The lowest BCUT2D eigenvalue weighted by atomic mass is 10.1. The van der Waals surface area contributed by atoms with Gasteiger partial charge in [-0.05, 0) is 18.2 Å². The number of carbonyl (C=O) groups is 1. The number of ketones is 1. The van der Waals surface area contributed by atoms with E-state index in [2.05, 4.69) is 15.9 Å². The number of halogens is 1. The van der Waals surface area contributed by atoms with Gasteiger partial charge in [0.1, 0.15) is 5.75 Å². The van der Waals surface area contributed by atoms with E-state index in [0.717, 1.165) is 0 Å². The number of Topliss-reactive ketones (excluding diaryl/α,β-unsaturated/α-hetero) is 1. The molecule has 0 aliphatic carbocycles. The summed E-state index contributed by atoms with van der Waals surface area (Å²) in [6.45, 7) is 0. The maximum absolute atomic E-state index is 11.4. The summed E-state index contributed by atoms with van der Waals surface area (Å²) in [5.74, 6) is -0.142. The molecule has 0 spiro atoms. The molecular weight excluding hydrogens is 246 g/mol. The van der Waals surface area contributed by atoms with Crippen LogP contribution in [0.5, 0.6) is 5.75 Å². The maximum Gasteiger partial charge on any atom is 0.163 e. The van der Waals surface area contributed by atoms with E-state index in [-0.39, 0.29) is 11.5 Å². The van der Waals surface area contributed by atoms with Crippen molar-refractivity contribution in [2.24, 2.45) is 0 Å². The highest BCUT2D eigenvalue weighted by atomic mass is 79.9. The fraction of sp³-hybridized carbons (Fsp3) is 0.200. The third-order valence-corrected chi connectivity index (χ3v) is 2.09. The molecule has 0 aliphatic heterocycles. The van der Waals surface area contributed by atoms with Crippen LogP contribution in [-0.4, -0.2) is 16.2 Å². The number of rotatable bonds is 3. The quantitative estimate of drug-likeness (QED) is 0.664. The zero-order chi connectivity index (χ0) is 10.6. The van der Waals surface area contributed by atoms with E-state index in [0.29, 0.717) is 22.9 Å². The lowest BCUT2D eigenvalue weighted by Crippen LogP contribution is -1.99. The van der Waals surface area contributed by atoms with Crippen LogP contribution >= 0.6 is 15.9 Å². The molecule has 0 heterocycles. The van der Waals surface area contributed by atoms with Crippen molar-refractivity contribution in [2.45, 2.75) is 6.42 Å². The van der Waals surface area contributed by atoms with Crippen LogP contribution in [0.2, 0.25) is 0 Å². The molecule has 1 rings (SSSR count). The zero-order valence-electron chi connectivity index (χ0n) is 7.33. The molecule has 3 nitrogen and oxygen atoms in total. The van der Waals surface area contributed by atoms with Gasteiger partial charge in [0, 0.05) is 17.3 Å². The van der Waals surface area contributed by atoms with Crippen LogP contribution in [0.1, 0.15) is 22.3 Å². The van der Waals surface area contributed by atoms with Gasteiger partial charge in [-0.25, -0.2) is 0 Å². The van der Waals surface area contributed by atoms with Gasteiger partial charge in [-0.2, -0.15) is 5.26 Å². The minimum Gasteiger partial charge on any atom is -0.508 e. The number of alkyl halides is 1. The monoisotopic (exact) mass is 253 g/mol. The average molecular weight is 254 g/mol. The molecule has 0 unspecified atom stereocenters. The second kappa shape index (κ2) is 4.77. The SMILES string of the molecule is N#Cc1cc(O)cc(C(=O)CCBr)c1. The lowest BCUT2D eigenvalue weighted by molar-refractivity contribution is 0.0989. The van der Waals surface area contributed by atoms with Crippen LogP contribution in [-0.2, 0) is 0 Å². The molecule has 72 valence electrons. The van der Waals surface area contributed by atoms with E-state index in [1.54, 1.807) is 0 Å². The first kappa shape index (κ1) is 10.7. The predicted octanol–water partition coefficient (Wildman–Crippen LogP) is 2.23. The number of phenolic OH excluding ortho intramolecular Hbond substituents is 1. The van der Waals surface area contributed by atoms with Crippen molar-refractivity contribution < 1.29 is 9.90 Å². The van der Waals surface area contributed by atoms with Crippen molar-refractivity contribution in [2.75, 3.05) is 5.33 Å². The van der Waals surface area contributed by atoms with Gasteiger partial charge in [-0.15, -0.1) is 0 Å². The van der Waals surface area contributed by atoms with Gasteiger partial charge < -0.3 is 5.11 Å². The van der Waals surface area contributed by atoms with Crippen molar-refractivity contribution in [1.29, 1.82) is 5.26 Å². The first-order valence-electron chi connectivity index (χ1n) is 4.00. The minimum absolute atomic E-state index is 0.0537. The van der Waals surface area contributed by atoms with Crippen LogP contribution in [0.4, 0.5) is 0 Å². The summed E-state index contributed by atoms with van der Waals surface area (Å²) in [5, 5.41) is 18.4. The van der Waals surface area contributed by atoms with Gasteiger partial charge in [0.2, 0.25) is 0 Å². The summed E-state index contributed by atoms with van der Waals surface area (Å²) in [4.78, 5) is 11.4. The lowest BCUT2D eigenvalue weighted by Gasteiger charge is -2.00. The van der Waals surface area contributed by atoms with Crippen molar-refractivity contribution >= 4 is 21.7 Å². The average Bonchev–Trinajstić information content (AvgIpc) is 2.17. The number of hydrogen-bond acceptors (Lipinski definition) is 3. The Hall–Kier alpha value is -1.34. The molecular formula is C10H8BrNO2. The molecule has 1 aromatic carbocycles. The first-order valence-corrected chi connectivity index (χ1v) is 5.13. The number of nitriles is 1. The molecule has 0 aromatic heterocycles. The summed E-state index contributed by atoms with van der Waals surface area (Å²) in [5.41, 5.74) is 0.670. The zero-order valence-corrected chi connectivity index (χ0v) is 8.91. The van der Waals surface area contributed by atoms with Crippen molar-refractivity contribution in [3.63, 3.8) is 0 Å². The topological polar surface area (TPSA) is 61.1 Å². The number of carbonyl (C=O) groups excluding carboxylic acids is 1. The second-order valence-corrected chi connectivity index (χ2v) is 3.54. The summed E-state index contributed by atoms with van der Waals surface area (Å²) < 4.78 is 0. The molecule has 0 bridgehead atoms. The molecule has 0 saturated heterocycles. The van der Waals surface area contributed by atoms with E-state index < -0.39 is 0 Å². The highest BCUT2D eigenvalue weighted by Gasteiger charge is 2.07. The van der Waals surface area contributed by atoms with E-state index in [1.165, 1.54) is 18.2 Å². The van der Waals surface area contributed by atoms with Gasteiger partial charge in [0.25, 0.3) is 0 Å². The van der Waals surface area contributed by atoms with Crippen LogP contribution < -0.4 is 0 Å². The maximum atomic E-state index is 11.4. The largest absolute Gasteiger partial charge is 0.508 e. The Morgan fingerprint density at radius 2 is 2.21 bits per heavy atom. The van der Waals surface area contributed by atoms with Crippen molar-refractivity contribution in [3.8, 4) is 11.8 Å². The van der Waals surface area contributed by atoms with E-state index in [1.807, 2.05) is 6.07 Å². The third-order valence-electron chi connectivity index (χ3n) is 1.69. The van der Waals surface area contributed by atoms with E-state index >= 15 is 0 Å². The summed E-state index contributed by atoms with van der Waals surface area (Å²) >= 11 is 3.15. The number of nitrogens with zero attached hydrogens (tertiary/aromatic N) is 1. The molecule has 0 atom stereocenters. The van der Waals surface area contributed by atoms with Crippen LogP contribution in [0, 0.1) is 11.3 Å². The Balaban J connectivity index is 3.04. The Bertz CT molecular complexity index is 396. The summed E-state index contributed by atoms with van der Waals surface area (Å²) in [7, 11) is 0. The highest BCUT2D eigenvalue weighted by molar-refractivity contribution is 9.09. The molecule has 1 N–H and O–H groups in total. The standard InChI is InChI=1S/C10H8BrNO2/c11-2-1-10(14)8-3-7(6-12)4-9(13)5-8/h3-5,13H,1-2H2. The minimum atomic E-state index is -0.0886. The Morgan fingerprint density at radius 1 is 1.50 bits per heavy atom. The number of phenols is 1. The molecule has 1 aromatic rings. The Kier molecular flexibility index (Phi) is 3.66. The van der Waals surface area contributed by atoms with Gasteiger partial charge in [-0.3, -0.25) is 4.79 Å². The molecule has 0 aliphatic rings.